The SMILES string of the molecule is COc1ccccc1CN(C)C(=O)CC1CNC1. The predicted octanol–water partition coefficient (Wildman–Crippen LogP) is 1.26. The Morgan fingerprint density at radius 2 is 2.17 bits per heavy atom. The molecule has 1 aliphatic rings. The molecule has 18 heavy (non-hydrogen) atoms. The summed E-state index contributed by atoms with van der Waals surface area (Å²) in [4.78, 5) is 13.8. The van der Waals surface area contributed by atoms with E-state index < -0.39 is 0 Å². The molecule has 1 amide bonds. The molecule has 0 aliphatic carbocycles. The Bertz CT molecular complexity index is 416. The van der Waals surface area contributed by atoms with Crippen molar-refractivity contribution < 1.29 is 9.53 Å². The lowest BCUT2D eigenvalue weighted by Gasteiger charge is -2.28. The number of carbonyl (C=O) groups is 1. The van der Waals surface area contributed by atoms with Gasteiger partial charge in [0.05, 0.1) is 7.11 Å². The third-order valence-electron chi connectivity index (χ3n) is 3.36. The number of amides is 1. The van der Waals surface area contributed by atoms with Crippen LogP contribution in [0.25, 0.3) is 0 Å². The Labute approximate surface area is 108 Å². The maximum atomic E-state index is 12.0. The molecule has 1 heterocycles. The molecule has 0 aromatic heterocycles. The zero-order chi connectivity index (χ0) is 13.0. The number of benzene rings is 1. The Morgan fingerprint density at radius 3 is 2.78 bits per heavy atom. The lowest BCUT2D eigenvalue weighted by atomic mass is 9.98. The minimum absolute atomic E-state index is 0.201. The average Bonchev–Trinajstić information content (AvgIpc) is 2.34. The van der Waals surface area contributed by atoms with Gasteiger partial charge in [0.25, 0.3) is 0 Å². The molecule has 98 valence electrons. The number of nitrogens with one attached hydrogen (secondary N) is 1. The van der Waals surface area contributed by atoms with E-state index in [1.54, 1.807) is 12.0 Å². The second-order valence-corrected chi connectivity index (χ2v) is 4.79. The van der Waals surface area contributed by atoms with Gasteiger partial charge in [0.2, 0.25) is 5.91 Å². The molecular formula is C14H20N2O2. The van der Waals surface area contributed by atoms with E-state index >= 15 is 0 Å². The first-order valence-electron chi connectivity index (χ1n) is 6.27. The van der Waals surface area contributed by atoms with Crippen molar-refractivity contribution in [1.82, 2.24) is 10.2 Å². The topological polar surface area (TPSA) is 41.6 Å². The zero-order valence-corrected chi connectivity index (χ0v) is 11.0. The molecule has 1 fully saturated rings. The van der Waals surface area contributed by atoms with Crippen molar-refractivity contribution in [3.8, 4) is 5.75 Å². The molecule has 0 bridgehead atoms. The summed E-state index contributed by atoms with van der Waals surface area (Å²) < 4.78 is 5.29. The Balaban J connectivity index is 1.92. The summed E-state index contributed by atoms with van der Waals surface area (Å²) in [5.41, 5.74) is 1.04. The molecule has 4 heteroatoms. The van der Waals surface area contributed by atoms with Crippen LogP contribution in [0.1, 0.15) is 12.0 Å². The number of ether oxygens (including phenoxy) is 1. The second-order valence-electron chi connectivity index (χ2n) is 4.79. The first kappa shape index (κ1) is 12.9. The highest BCUT2D eigenvalue weighted by atomic mass is 16.5. The molecule has 0 saturated carbocycles. The Hall–Kier alpha value is -1.55. The zero-order valence-electron chi connectivity index (χ0n) is 11.0. The van der Waals surface area contributed by atoms with Gasteiger partial charge in [0, 0.05) is 25.6 Å². The standard InChI is InChI=1S/C14H20N2O2/c1-16(14(17)7-11-8-15-9-11)10-12-5-3-4-6-13(12)18-2/h3-6,11,15H,7-10H2,1-2H3. The molecule has 0 radical (unpaired) electrons. The summed E-state index contributed by atoms with van der Waals surface area (Å²) in [6.45, 7) is 2.53. The van der Waals surface area contributed by atoms with E-state index in [9.17, 15) is 4.79 Å². The summed E-state index contributed by atoms with van der Waals surface area (Å²) in [6, 6.07) is 7.81. The minimum Gasteiger partial charge on any atom is -0.496 e. The van der Waals surface area contributed by atoms with E-state index in [0.717, 1.165) is 24.4 Å². The van der Waals surface area contributed by atoms with Crippen molar-refractivity contribution in [2.45, 2.75) is 13.0 Å². The molecule has 1 saturated heterocycles. The number of carbonyl (C=O) groups excluding carboxylic acids is 1. The largest absolute Gasteiger partial charge is 0.496 e. The smallest absolute Gasteiger partial charge is 0.222 e. The van der Waals surface area contributed by atoms with Crippen LogP contribution in [0.5, 0.6) is 5.75 Å². The average molecular weight is 248 g/mol. The van der Waals surface area contributed by atoms with Crippen molar-refractivity contribution in [3.05, 3.63) is 29.8 Å². The maximum Gasteiger partial charge on any atom is 0.222 e. The van der Waals surface area contributed by atoms with Crippen LogP contribution in [0.2, 0.25) is 0 Å². The lowest BCUT2D eigenvalue weighted by molar-refractivity contribution is -0.131. The number of nitrogens with zero attached hydrogens (tertiary/aromatic N) is 1. The van der Waals surface area contributed by atoms with Crippen LogP contribution in [-0.4, -0.2) is 38.1 Å². The molecule has 1 N–H and O–H groups in total. The summed E-state index contributed by atoms with van der Waals surface area (Å²) in [5.74, 6) is 1.55. The third-order valence-corrected chi connectivity index (χ3v) is 3.36. The first-order valence-corrected chi connectivity index (χ1v) is 6.27. The summed E-state index contributed by atoms with van der Waals surface area (Å²) >= 11 is 0. The van der Waals surface area contributed by atoms with Crippen LogP contribution in [-0.2, 0) is 11.3 Å². The summed E-state index contributed by atoms with van der Waals surface area (Å²) in [6.07, 6.45) is 0.638. The van der Waals surface area contributed by atoms with Gasteiger partial charge in [-0.2, -0.15) is 0 Å². The van der Waals surface area contributed by atoms with E-state index in [0.29, 0.717) is 18.9 Å². The van der Waals surface area contributed by atoms with E-state index in [-0.39, 0.29) is 5.91 Å². The highest BCUT2D eigenvalue weighted by Gasteiger charge is 2.22. The van der Waals surface area contributed by atoms with E-state index in [2.05, 4.69) is 5.32 Å². The fourth-order valence-corrected chi connectivity index (χ4v) is 2.07. The molecule has 0 unspecified atom stereocenters. The normalized spacial score (nSPS) is 15.0. The van der Waals surface area contributed by atoms with Gasteiger partial charge in [-0.25, -0.2) is 0 Å². The quantitative estimate of drug-likeness (QED) is 0.853. The van der Waals surface area contributed by atoms with Gasteiger partial charge in [-0.1, -0.05) is 18.2 Å². The third kappa shape index (κ3) is 3.01. The van der Waals surface area contributed by atoms with Gasteiger partial charge in [-0.15, -0.1) is 0 Å². The Morgan fingerprint density at radius 1 is 1.44 bits per heavy atom. The number of para-hydroxylation sites is 1. The summed E-state index contributed by atoms with van der Waals surface area (Å²) in [7, 11) is 3.50. The van der Waals surface area contributed by atoms with Gasteiger partial charge in [0.1, 0.15) is 5.75 Å². The van der Waals surface area contributed by atoms with Crippen LogP contribution in [0, 0.1) is 5.92 Å². The van der Waals surface area contributed by atoms with Crippen LogP contribution in [0.15, 0.2) is 24.3 Å². The highest BCUT2D eigenvalue weighted by molar-refractivity contribution is 5.76. The monoisotopic (exact) mass is 248 g/mol. The summed E-state index contributed by atoms with van der Waals surface area (Å²) in [5, 5.41) is 3.18. The lowest BCUT2D eigenvalue weighted by Crippen LogP contribution is -2.44. The molecule has 0 atom stereocenters. The van der Waals surface area contributed by atoms with E-state index in [1.807, 2.05) is 31.3 Å². The fraction of sp³-hybridized carbons (Fsp3) is 0.500. The van der Waals surface area contributed by atoms with Gasteiger partial charge < -0.3 is 15.0 Å². The molecule has 1 aromatic rings. The van der Waals surface area contributed by atoms with Crippen molar-refractivity contribution in [1.29, 1.82) is 0 Å². The fourth-order valence-electron chi connectivity index (χ4n) is 2.07. The molecule has 2 rings (SSSR count). The van der Waals surface area contributed by atoms with E-state index in [4.69, 9.17) is 4.74 Å². The maximum absolute atomic E-state index is 12.0. The highest BCUT2D eigenvalue weighted by Crippen LogP contribution is 2.19. The first-order chi connectivity index (χ1) is 8.70. The number of rotatable bonds is 5. The molecule has 4 nitrogen and oxygen atoms in total. The van der Waals surface area contributed by atoms with Gasteiger partial charge in [0.15, 0.2) is 0 Å². The predicted molar refractivity (Wildman–Crippen MR) is 70.4 cm³/mol. The van der Waals surface area contributed by atoms with Crippen molar-refractivity contribution >= 4 is 5.91 Å². The van der Waals surface area contributed by atoms with Gasteiger partial charge in [-0.3, -0.25) is 4.79 Å². The minimum atomic E-state index is 0.201. The second kappa shape index (κ2) is 5.87. The number of hydrogen-bond donors (Lipinski definition) is 1. The van der Waals surface area contributed by atoms with E-state index in [1.165, 1.54) is 0 Å². The van der Waals surface area contributed by atoms with Crippen molar-refractivity contribution in [2.75, 3.05) is 27.2 Å². The van der Waals surface area contributed by atoms with Crippen molar-refractivity contribution in [3.63, 3.8) is 0 Å². The van der Waals surface area contributed by atoms with Crippen LogP contribution in [0.3, 0.4) is 0 Å². The number of methoxy groups -OCH3 is 1. The van der Waals surface area contributed by atoms with Gasteiger partial charge in [-0.05, 0) is 25.1 Å². The van der Waals surface area contributed by atoms with Crippen LogP contribution >= 0.6 is 0 Å². The van der Waals surface area contributed by atoms with Crippen LogP contribution < -0.4 is 10.1 Å². The molecule has 1 aliphatic heterocycles. The Kier molecular flexibility index (Phi) is 4.20. The van der Waals surface area contributed by atoms with Crippen LogP contribution in [0.4, 0.5) is 0 Å². The van der Waals surface area contributed by atoms with Gasteiger partial charge >= 0.3 is 0 Å². The number of hydrogen-bond acceptors (Lipinski definition) is 3. The molecule has 0 spiro atoms. The molecular weight excluding hydrogens is 228 g/mol. The van der Waals surface area contributed by atoms with Crippen molar-refractivity contribution in [2.24, 2.45) is 5.92 Å². The molecule has 1 aromatic carbocycles.